The van der Waals surface area contributed by atoms with Crippen LogP contribution in [0.25, 0.3) is 0 Å². The smallest absolute Gasteiger partial charge is 0.119 e. The fourth-order valence-corrected chi connectivity index (χ4v) is 2.77. The number of methoxy groups -OCH3 is 1. The van der Waals surface area contributed by atoms with E-state index in [2.05, 4.69) is 49.9 Å². The highest BCUT2D eigenvalue weighted by atomic mass is 16.5. The first kappa shape index (κ1) is 20.3. The molecule has 26 heavy (non-hydrogen) atoms. The lowest BCUT2D eigenvalue weighted by Crippen LogP contribution is -2.40. The zero-order chi connectivity index (χ0) is 18.9. The summed E-state index contributed by atoms with van der Waals surface area (Å²) in [5.41, 5.74) is 2.52. The molecular weight excluding hydrogens is 326 g/mol. The van der Waals surface area contributed by atoms with Gasteiger partial charge in [-0.25, -0.2) is 0 Å². The fourth-order valence-electron chi connectivity index (χ4n) is 2.77. The number of hydrogen-bond donors (Lipinski definition) is 1. The first-order valence-corrected chi connectivity index (χ1v) is 9.26. The SMILES string of the molecule is CC[C@@H](C)N(Cc1ccc(C)cc1)C[C@H](O)COc1ccc(OC)cc1. The summed E-state index contributed by atoms with van der Waals surface area (Å²) in [4.78, 5) is 2.31. The number of rotatable bonds is 10. The molecule has 2 atom stereocenters. The van der Waals surface area contributed by atoms with E-state index in [4.69, 9.17) is 9.47 Å². The molecule has 2 aromatic rings. The molecule has 0 spiro atoms. The van der Waals surface area contributed by atoms with Gasteiger partial charge in [-0.1, -0.05) is 36.8 Å². The molecule has 0 radical (unpaired) electrons. The van der Waals surface area contributed by atoms with Crippen LogP contribution in [-0.2, 0) is 6.54 Å². The number of benzene rings is 2. The Morgan fingerprint density at radius 3 is 2.19 bits per heavy atom. The maximum absolute atomic E-state index is 10.5. The maximum Gasteiger partial charge on any atom is 0.119 e. The summed E-state index contributed by atoms with van der Waals surface area (Å²) in [6.07, 6.45) is 0.495. The minimum atomic E-state index is -0.545. The van der Waals surface area contributed by atoms with Crippen molar-refractivity contribution in [1.82, 2.24) is 4.90 Å². The zero-order valence-corrected chi connectivity index (χ0v) is 16.3. The molecule has 0 fully saturated rings. The highest BCUT2D eigenvalue weighted by Crippen LogP contribution is 2.18. The van der Waals surface area contributed by atoms with Crippen LogP contribution in [0.4, 0.5) is 0 Å². The summed E-state index contributed by atoms with van der Waals surface area (Å²) in [5, 5.41) is 10.5. The average Bonchev–Trinajstić information content (AvgIpc) is 2.67. The lowest BCUT2D eigenvalue weighted by molar-refractivity contribution is 0.0506. The molecule has 0 aliphatic rings. The molecule has 142 valence electrons. The maximum atomic E-state index is 10.5. The van der Waals surface area contributed by atoms with Gasteiger partial charge in [0.1, 0.15) is 24.2 Å². The predicted molar refractivity (Wildman–Crippen MR) is 106 cm³/mol. The summed E-state index contributed by atoms with van der Waals surface area (Å²) in [6.45, 7) is 8.15. The molecule has 0 saturated heterocycles. The lowest BCUT2D eigenvalue weighted by Gasteiger charge is -2.30. The molecule has 0 aromatic heterocycles. The minimum Gasteiger partial charge on any atom is -0.497 e. The normalized spacial score (nSPS) is 13.5. The highest BCUT2D eigenvalue weighted by Gasteiger charge is 2.17. The third kappa shape index (κ3) is 6.36. The van der Waals surface area contributed by atoms with Crippen molar-refractivity contribution in [3.8, 4) is 11.5 Å². The second-order valence-corrected chi connectivity index (χ2v) is 6.81. The van der Waals surface area contributed by atoms with Crippen LogP contribution in [0.3, 0.4) is 0 Å². The van der Waals surface area contributed by atoms with Crippen LogP contribution in [0.2, 0.25) is 0 Å². The van der Waals surface area contributed by atoms with Crippen LogP contribution in [0, 0.1) is 6.92 Å². The molecule has 4 nitrogen and oxygen atoms in total. The van der Waals surface area contributed by atoms with Crippen LogP contribution >= 0.6 is 0 Å². The Morgan fingerprint density at radius 2 is 1.62 bits per heavy atom. The van der Waals surface area contributed by atoms with Crippen molar-refractivity contribution in [3.05, 3.63) is 59.7 Å². The fraction of sp³-hybridized carbons (Fsp3) is 0.455. The molecule has 1 N–H and O–H groups in total. The van der Waals surface area contributed by atoms with Gasteiger partial charge in [0.05, 0.1) is 7.11 Å². The van der Waals surface area contributed by atoms with Gasteiger partial charge in [0.15, 0.2) is 0 Å². The van der Waals surface area contributed by atoms with E-state index in [9.17, 15) is 5.11 Å². The molecule has 0 aliphatic heterocycles. The highest BCUT2D eigenvalue weighted by molar-refractivity contribution is 5.31. The van der Waals surface area contributed by atoms with E-state index < -0.39 is 6.10 Å². The van der Waals surface area contributed by atoms with Gasteiger partial charge in [-0.15, -0.1) is 0 Å². The van der Waals surface area contributed by atoms with E-state index in [0.29, 0.717) is 12.6 Å². The average molecular weight is 357 g/mol. The van der Waals surface area contributed by atoms with Crippen molar-refractivity contribution in [2.24, 2.45) is 0 Å². The molecule has 2 rings (SSSR count). The number of hydrogen-bond acceptors (Lipinski definition) is 4. The number of ether oxygens (including phenoxy) is 2. The van der Waals surface area contributed by atoms with Crippen LogP contribution in [-0.4, -0.2) is 42.4 Å². The van der Waals surface area contributed by atoms with Crippen LogP contribution in [0.1, 0.15) is 31.4 Å². The molecule has 4 heteroatoms. The summed E-state index contributed by atoms with van der Waals surface area (Å²) >= 11 is 0. The molecule has 0 heterocycles. The van der Waals surface area contributed by atoms with Gasteiger partial charge >= 0.3 is 0 Å². The van der Waals surface area contributed by atoms with Crippen molar-refractivity contribution in [2.75, 3.05) is 20.3 Å². The molecule has 2 aromatic carbocycles. The van der Waals surface area contributed by atoms with Crippen LogP contribution < -0.4 is 9.47 Å². The van der Waals surface area contributed by atoms with E-state index in [-0.39, 0.29) is 6.61 Å². The zero-order valence-electron chi connectivity index (χ0n) is 16.3. The van der Waals surface area contributed by atoms with Gasteiger partial charge in [0.25, 0.3) is 0 Å². The Morgan fingerprint density at radius 1 is 1.00 bits per heavy atom. The van der Waals surface area contributed by atoms with Crippen molar-refractivity contribution in [1.29, 1.82) is 0 Å². The van der Waals surface area contributed by atoms with Crippen LogP contribution in [0.15, 0.2) is 48.5 Å². The van der Waals surface area contributed by atoms with Crippen molar-refractivity contribution >= 4 is 0 Å². The lowest BCUT2D eigenvalue weighted by atomic mass is 10.1. The predicted octanol–water partition coefficient (Wildman–Crippen LogP) is 4.04. The quantitative estimate of drug-likeness (QED) is 0.697. The Hall–Kier alpha value is -2.04. The standard InChI is InChI=1S/C22H31NO3/c1-5-18(3)23(14-19-8-6-17(2)7-9-19)15-20(24)16-26-22-12-10-21(25-4)11-13-22/h6-13,18,20,24H,5,14-16H2,1-4H3/t18-,20+/m1/s1. The van der Waals surface area contributed by atoms with Crippen LogP contribution in [0.5, 0.6) is 11.5 Å². The Balaban J connectivity index is 1.90. The van der Waals surface area contributed by atoms with E-state index >= 15 is 0 Å². The Kier molecular flexibility index (Phi) is 7.95. The topological polar surface area (TPSA) is 41.9 Å². The van der Waals surface area contributed by atoms with Crippen molar-refractivity contribution in [2.45, 2.75) is 45.9 Å². The van der Waals surface area contributed by atoms with E-state index in [0.717, 1.165) is 24.5 Å². The van der Waals surface area contributed by atoms with E-state index in [1.807, 2.05) is 24.3 Å². The Labute approximate surface area is 157 Å². The minimum absolute atomic E-state index is 0.271. The molecular formula is C22H31NO3. The molecule has 0 amide bonds. The third-order valence-corrected chi connectivity index (χ3v) is 4.67. The summed E-state index contributed by atoms with van der Waals surface area (Å²) < 4.78 is 10.9. The molecule has 0 bridgehead atoms. The third-order valence-electron chi connectivity index (χ3n) is 4.67. The van der Waals surface area contributed by atoms with Gasteiger partial charge in [0, 0.05) is 19.1 Å². The largest absolute Gasteiger partial charge is 0.497 e. The van der Waals surface area contributed by atoms with E-state index in [1.54, 1.807) is 7.11 Å². The molecule has 0 aliphatic carbocycles. The van der Waals surface area contributed by atoms with Crippen molar-refractivity contribution in [3.63, 3.8) is 0 Å². The van der Waals surface area contributed by atoms with E-state index in [1.165, 1.54) is 11.1 Å². The monoisotopic (exact) mass is 357 g/mol. The van der Waals surface area contributed by atoms with Crippen molar-refractivity contribution < 1.29 is 14.6 Å². The van der Waals surface area contributed by atoms with Gasteiger partial charge in [0.2, 0.25) is 0 Å². The second-order valence-electron chi connectivity index (χ2n) is 6.81. The first-order valence-electron chi connectivity index (χ1n) is 9.26. The Bertz CT molecular complexity index is 639. The van der Waals surface area contributed by atoms with Gasteiger partial charge < -0.3 is 14.6 Å². The summed E-state index contributed by atoms with van der Waals surface area (Å²) in [5.74, 6) is 1.53. The second kappa shape index (κ2) is 10.2. The summed E-state index contributed by atoms with van der Waals surface area (Å²) in [6, 6.07) is 16.4. The van der Waals surface area contributed by atoms with Gasteiger partial charge in [-0.05, 0) is 50.1 Å². The molecule has 0 saturated carbocycles. The first-order chi connectivity index (χ1) is 12.5. The number of nitrogens with zero attached hydrogens (tertiary/aromatic N) is 1. The van der Waals surface area contributed by atoms with Gasteiger partial charge in [-0.2, -0.15) is 0 Å². The number of aryl methyl sites for hydroxylation is 1. The van der Waals surface area contributed by atoms with Gasteiger partial charge in [-0.3, -0.25) is 4.90 Å². The number of aliphatic hydroxyl groups is 1. The summed E-state index contributed by atoms with van der Waals surface area (Å²) in [7, 11) is 1.64. The number of aliphatic hydroxyl groups excluding tert-OH is 1. The molecule has 0 unspecified atom stereocenters.